The molecule has 0 spiro atoms. The van der Waals surface area contributed by atoms with E-state index in [-0.39, 0.29) is 5.78 Å². The van der Waals surface area contributed by atoms with Crippen molar-refractivity contribution in [3.05, 3.63) is 24.2 Å². The molecule has 0 bridgehead atoms. The largest absolute Gasteiger partial charge is 0.479 e. The van der Waals surface area contributed by atoms with Gasteiger partial charge in [-0.2, -0.15) is 10.1 Å². The van der Waals surface area contributed by atoms with Crippen LogP contribution in [0, 0.1) is 0 Å². The second-order valence-electron chi connectivity index (χ2n) is 2.84. The second kappa shape index (κ2) is 3.10. The van der Waals surface area contributed by atoms with E-state index in [1.54, 1.807) is 12.1 Å². The zero-order valence-corrected chi connectivity index (χ0v) is 7.89. The molecule has 2 aromatic rings. The Balaban J connectivity index is 2.75. The molecule has 0 atom stereocenters. The summed E-state index contributed by atoms with van der Waals surface area (Å²) < 4.78 is 6.56. The second-order valence-corrected chi connectivity index (χ2v) is 2.84. The minimum absolute atomic E-state index is 0.0363. The smallest absolute Gasteiger partial charge is 0.241 e. The number of methoxy groups -OCH3 is 1. The first kappa shape index (κ1) is 8.68. The number of fused-ring (bicyclic) bond motifs is 1. The molecule has 0 amide bonds. The van der Waals surface area contributed by atoms with Gasteiger partial charge in [-0.25, -0.2) is 4.52 Å². The standard InChI is InChI=1S/C9H9N3O2/c1-6(13)7-3-4-8-9(14-2)10-5-11-12(7)8/h3-5H,1-2H3. The highest BCUT2D eigenvalue weighted by atomic mass is 16.5. The number of carbonyl (C=O) groups is 1. The summed E-state index contributed by atoms with van der Waals surface area (Å²) in [6.45, 7) is 1.50. The van der Waals surface area contributed by atoms with Gasteiger partial charge in [-0.15, -0.1) is 0 Å². The molecule has 72 valence electrons. The quantitative estimate of drug-likeness (QED) is 0.663. The van der Waals surface area contributed by atoms with Crippen LogP contribution in [0.4, 0.5) is 0 Å². The van der Waals surface area contributed by atoms with Gasteiger partial charge in [-0.05, 0) is 12.1 Å². The molecule has 2 heterocycles. The van der Waals surface area contributed by atoms with Crippen LogP contribution in [0.2, 0.25) is 0 Å². The molecule has 2 aromatic heterocycles. The Kier molecular flexibility index (Phi) is 1.92. The predicted molar refractivity (Wildman–Crippen MR) is 49.5 cm³/mol. The van der Waals surface area contributed by atoms with Crippen molar-refractivity contribution in [3.63, 3.8) is 0 Å². The molecule has 0 unspecified atom stereocenters. The normalized spacial score (nSPS) is 10.4. The van der Waals surface area contributed by atoms with Gasteiger partial charge < -0.3 is 4.74 Å². The molecule has 5 heteroatoms. The van der Waals surface area contributed by atoms with E-state index in [2.05, 4.69) is 10.1 Å². The minimum Gasteiger partial charge on any atom is -0.479 e. The van der Waals surface area contributed by atoms with Crippen LogP contribution < -0.4 is 4.74 Å². The van der Waals surface area contributed by atoms with E-state index < -0.39 is 0 Å². The zero-order chi connectivity index (χ0) is 10.1. The van der Waals surface area contributed by atoms with Gasteiger partial charge in [0.25, 0.3) is 0 Å². The fourth-order valence-electron chi connectivity index (χ4n) is 1.33. The molecule has 0 aliphatic heterocycles. The number of carbonyl (C=O) groups excluding carboxylic acids is 1. The first-order chi connectivity index (χ1) is 6.74. The Hall–Kier alpha value is -1.91. The van der Waals surface area contributed by atoms with E-state index in [0.717, 1.165) is 0 Å². The highest BCUT2D eigenvalue weighted by molar-refractivity contribution is 5.93. The summed E-state index contributed by atoms with van der Waals surface area (Å²) in [5.74, 6) is 0.429. The average molecular weight is 191 g/mol. The third-order valence-electron chi connectivity index (χ3n) is 1.97. The molecule has 5 nitrogen and oxygen atoms in total. The molecule has 0 N–H and O–H groups in total. The van der Waals surface area contributed by atoms with Crippen molar-refractivity contribution in [2.24, 2.45) is 0 Å². The number of nitrogens with zero attached hydrogens (tertiary/aromatic N) is 3. The van der Waals surface area contributed by atoms with Crippen molar-refractivity contribution in [3.8, 4) is 5.88 Å². The van der Waals surface area contributed by atoms with E-state index in [0.29, 0.717) is 17.1 Å². The number of ether oxygens (including phenoxy) is 1. The summed E-state index contributed by atoms with van der Waals surface area (Å²) in [6, 6.07) is 3.46. The summed E-state index contributed by atoms with van der Waals surface area (Å²) in [5, 5.41) is 3.98. The van der Waals surface area contributed by atoms with Gasteiger partial charge in [0.2, 0.25) is 5.88 Å². The Labute approximate surface area is 80.3 Å². The van der Waals surface area contributed by atoms with Crippen LogP contribution >= 0.6 is 0 Å². The van der Waals surface area contributed by atoms with Gasteiger partial charge in [0.05, 0.1) is 7.11 Å². The minimum atomic E-state index is -0.0363. The van der Waals surface area contributed by atoms with E-state index in [4.69, 9.17) is 4.74 Å². The van der Waals surface area contributed by atoms with Crippen LogP contribution in [0.5, 0.6) is 5.88 Å². The number of hydrogen-bond acceptors (Lipinski definition) is 4. The highest BCUT2D eigenvalue weighted by Gasteiger charge is 2.10. The first-order valence-electron chi connectivity index (χ1n) is 4.11. The van der Waals surface area contributed by atoms with Gasteiger partial charge in [-0.1, -0.05) is 0 Å². The van der Waals surface area contributed by atoms with Crippen LogP contribution in [0.1, 0.15) is 17.4 Å². The fraction of sp³-hybridized carbons (Fsp3) is 0.222. The maximum Gasteiger partial charge on any atom is 0.241 e. The van der Waals surface area contributed by atoms with Crippen molar-refractivity contribution in [1.82, 2.24) is 14.6 Å². The van der Waals surface area contributed by atoms with Crippen LogP contribution in [0.15, 0.2) is 18.5 Å². The number of hydrogen-bond donors (Lipinski definition) is 0. The monoisotopic (exact) mass is 191 g/mol. The molecule has 2 rings (SSSR count). The lowest BCUT2D eigenvalue weighted by Gasteiger charge is -2.01. The van der Waals surface area contributed by atoms with Crippen LogP contribution in [-0.4, -0.2) is 27.5 Å². The van der Waals surface area contributed by atoms with Gasteiger partial charge in [-0.3, -0.25) is 4.79 Å². The Morgan fingerprint density at radius 1 is 1.50 bits per heavy atom. The molecule has 0 aromatic carbocycles. The summed E-state index contributed by atoms with van der Waals surface area (Å²) in [4.78, 5) is 15.1. The van der Waals surface area contributed by atoms with E-state index in [9.17, 15) is 4.79 Å². The predicted octanol–water partition coefficient (Wildman–Crippen LogP) is 0.940. The van der Waals surface area contributed by atoms with E-state index in [1.165, 1.54) is 24.9 Å². The third-order valence-corrected chi connectivity index (χ3v) is 1.97. The third kappa shape index (κ3) is 1.14. The molecule has 0 saturated heterocycles. The number of ketones is 1. The Bertz CT molecular complexity index is 490. The topological polar surface area (TPSA) is 56.5 Å². The number of aromatic nitrogens is 3. The molecule has 0 saturated carbocycles. The molecule has 0 fully saturated rings. The molecular formula is C9H9N3O2. The Morgan fingerprint density at radius 3 is 2.93 bits per heavy atom. The molecular weight excluding hydrogens is 182 g/mol. The molecule has 0 aliphatic rings. The van der Waals surface area contributed by atoms with Crippen molar-refractivity contribution < 1.29 is 9.53 Å². The van der Waals surface area contributed by atoms with Crippen molar-refractivity contribution >= 4 is 11.3 Å². The average Bonchev–Trinajstić information content (AvgIpc) is 2.60. The fourth-order valence-corrected chi connectivity index (χ4v) is 1.33. The van der Waals surface area contributed by atoms with Crippen LogP contribution in [-0.2, 0) is 0 Å². The molecule has 14 heavy (non-hydrogen) atoms. The van der Waals surface area contributed by atoms with Crippen molar-refractivity contribution in [2.75, 3.05) is 7.11 Å². The lowest BCUT2D eigenvalue weighted by Crippen LogP contribution is -2.03. The Morgan fingerprint density at radius 2 is 2.29 bits per heavy atom. The summed E-state index contributed by atoms with van der Waals surface area (Å²) in [7, 11) is 1.53. The maximum atomic E-state index is 11.2. The summed E-state index contributed by atoms with van der Waals surface area (Å²) in [5.41, 5.74) is 1.22. The maximum absolute atomic E-state index is 11.2. The van der Waals surface area contributed by atoms with Crippen LogP contribution in [0.25, 0.3) is 5.52 Å². The number of Topliss-reactive ketones (excluding diaryl/α,β-unsaturated/α-hetero) is 1. The van der Waals surface area contributed by atoms with E-state index >= 15 is 0 Å². The van der Waals surface area contributed by atoms with Crippen molar-refractivity contribution in [1.29, 1.82) is 0 Å². The van der Waals surface area contributed by atoms with E-state index in [1.807, 2.05) is 0 Å². The highest BCUT2D eigenvalue weighted by Crippen LogP contribution is 2.17. The molecule has 0 aliphatic carbocycles. The SMILES string of the molecule is COc1ncnn2c(C(C)=O)ccc12. The lowest BCUT2D eigenvalue weighted by molar-refractivity contribution is 0.101. The zero-order valence-electron chi connectivity index (χ0n) is 7.89. The summed E-state index contributed by atoms with van der Waals surface area (Å²) >= 11 is 0. The molecule has 0 radical (unpaired) electrons. The lowest BCUT2D eigenvalue weighted by atomic mass is 10.3. The number of rotatable bonds is 2. The van der Waals surface area contributed by atoms with Gasteiger partial charge in [0.15, 0.2) is 5.78 Å². The van der Waals surface area contributed by atoms with Crippen LogP contribution in [0.3, 0.4) is 0 Å². The summed E-state index contributed by atoms with van der Waals surface area (Å²) in [6.07, 6.45) is 1.36. The first-order valence-corrected chi connectivity index (χ1v) is 4.11. The van der Waals surface area contributed by atoms with Crippen molar-refractivity contribution in [2.45, 2.75) is 6.92 Å². The van der Waals surface area contributed by atoms with Gasteiger partial charge in [0.1, 0.15) is 17.5 Å². The van der Waals surface area contributed by atoms with Gasteiger partial charge >= 0.3 is 0 Å². The van der Waals surface area contributed by atoms with Gasteiger partial charge in [0, 0.05) is 6.92 Å².